The molecule has 100 valence electrons. The van der Waals surface area contributed by atoms with Crippen molar-refractivity contribution in [3.05, 3.63) is 48.2 Å². The van der Waals surface area contributed by atoms with Gasteiger partial charge in [-0.3, -0.25) is 0 Å². The summed E-state index contributed by atoms with van der Waals surface area (Å²) in [5.41, 5.74) is 1.27. The second kappa shape index (κ2) is 7.04. The average molecular weight is 275 g/mol. The SMILES string of the molecule is O=CCCC=CN1C(=S)OC[C@@H]1Cc1ccccc1. The molecule has 0 bridgehead atoms. The van der Waals surface area contributed by atoms with Crippen LogP contribution >= 0.6 is 12.2 Å². The van der Waals surface area contributed by atoms with Gasteiger partial charge in [-0.05, 0) is 30.6 Å². The Hall–Kier alpha value is -1.68. The first-order valence-electron chi connectivity index (χ1n) is 6.40. The number of thiocarbonyl (C=S) groups is 1. The van der Waals surface area contributed by atoms with Crippen LogP contribution in [-0.2, 0) is 16.0 Å². The standard InChI is InChI=1S/C15H17NO2S/c17-10-6-2-5-9-16-14(12-18-15(16)19)11-13-7-3-1-4-8-13/h1,3-5,7-10,14H,2,6,11-12H2/t14-/m0/s1. The minimum Gasteiger partial charge on any atom is -0.468 e. The molecule has 19 heavy (non-hydrogen) atoms. The first-order chi connectivity index (χ1) is 9.31. The van der Waals surface area contributed by atoms with Crippen molar-refractivity contribution in [1.82, 2.24) is 4.90 Å². The molecule has 1 aromatic rings. The fraction of sp³-hybridized carbons (Fsp3) is 0.333. The highest BCUT2D eigenvalue weighted by Crippen LogP contribution is 2.18. The fourth-order valence-electron chi connectivity index (χ4n) is 2.05. The summed E-state index contributed by atoms with van der Waals surface area (Å²) in [4.78, 5) is 12.3. The van der Waals surface area contributed by atoms with E-state index in [-0.39, 0.29) is 6.04 Å². The lowest BCUT2D eigenvalue weighted by Gasteiger charge is -2.18. The van der Waals surface area contributed by atoms with E-state index in [1.807, 2.05) is 35.4 Å². The van der Waals surface area contributed by atoms with Gasteiger partial charge < -0.3 is 14.4 Å². The van der Waals surface area contributed by atoms with E-state index >= 15 is 0 Å². The number of hydrogen-bond acceptors (Lipinski definition) is 3. The Kier molecular flexibility index (Phi) is 5.10. The summed E-state index contributed by atoms with van der Waals surface area (Å²) in [5, 5.41) is 0.517. The van der Waals surface area contributed by atoms with Crippen molar-refractivity contribution in [2.24, 2.45) is 0 Å². The van der Waals surface area contributed by atoms with E-state index in [1.165, 1.54) is 5.56 Å². The van der Waals surface area contributed by atoms with Gasteiger partial charge in [-0.25, -0.2) is 0 Å². The number of nitrogens with zero attached hydrogens (tertiary/aromatic N) is 1. The molecule has 1 saturated heterocycles. The number of ether oxygens (including phenoxy) is 1. The van der Waals surface area contributed by atoms with Gasteiger partial charge in [-0.15, -0.1) is 0 Å². The smallest absolute Gasteiger partial charge is 0.263 e. The third-order valence-corrected chi connectivity index (χ3v) is 3.36. The van der Waals surface area contributed by atoms with Crippen LogP contribution in [-0.4, -0.2) is 29.0 Å². The third-order valence-electron chi connectivity index (χ3n) is 3.03. The van der Waals surface area contributed by atoms with Gasteiger partial charge in [0.2, 0.25) is 0 Å². The van der Waals surface area contributed by atoms with Crippen LogP contribution in [0.15, 0.2) is 42.6 Å². The number of carbonyl (C=O) groups is 1. The van der Waals surface area contributed by atoms with Gasteiger partial charge in [0.15, 0.2) is 0 Å². The van der Waals surface area contributed by atoms with Crippen molar-refractivity contribution in [2.75, 3.05) is 6.61 Å². The maximum Gasteiger partial charge on any atom is 0.263 e. The van der Waals surface area contributed by atoms with E-state index in [0.29, 0.717) is 18.2 Å². The highest BCUT2D eigenvalue weighted by atomic mass is 32.1. The maximum absolute atomic E-state index is 10.3. The Morgan fingerprint density at radius 2 is 2.11 bits per heavy atom. The number of aldehydes is 1. The minimum absolute atomic E-state index is 0.238. The normalized spacial score (nSPS) is 18.8. The molecule has 0 aromatic heterocycles. The maximum atomic E-state index is 10.3. The van der Waals surface area contributed by atoms with Crippen molar-refractivity contribution in [3.63, 3.8) is 0 Å². The summed E-state index contributed by atoms with van der Waals surface area (Å²) < 4.78 is 5.44. The van der Waals surface area contributed by atoms with E-state index in [1.54, 1.807) is 0 Å². The van der Waals surface area contributed by atoms with E-state index in [0.717, 1.165) is 19.1 Å². The molecule has 1 fully saturated rings. The first kappa shape index (κ1) is 13.7. The molecule has 0 radical (unpaired) electrons. The van der Waals surface area contributed by atoms with Gasteiger partial charge in [0.05, 0.1) is 6.04 Å². The van der Waals surface area contributed by atoms with Crippen LogP contribution in [0.3, 0.4) is 0 Å². The number of carbonyl (C=O) groups excluding carboxylic acids is 1. The predicted molar refractivity (Wildman–Crippen MR) is 78.8 cm³/mol. The molecule has 0 unspecified atom stereocenters. The molecule has 0 spiro atoms. The first-order valence-corrected chi connectivity index (χ1v) is 6.81. The van der Waals surface area contributed by atoms with Crippen LogP contribution in [0.25, 0.3) is 0 Å². The summed E-state index contributed by atoms with van der Waals surface area (Å²) in [6.07, 6.45) is 7.01. The Morgan fingerprint density at radius 3 is 2.84 bits per heavy atom. The molecule has 0 amide bonds. The van der Waals surface area contributed by atoms with Crippen LogP contribution in [0.2, 0.25) is 0 Å². The Bertz CT molecular complexity index is 458. The van der Waals surface area contributed by atoms with Crippen LogP contribution in [0.1, 0.15) is 18.4 Å². The lowest BCUT2D eigenvalue weighted by atomic mass is 10.1. The molecule has 0 saturated carbocycles. The highest BCUT2D eigenvalue weighted by molar-refractivity contribution is 7.80. The monoisotopic (exact) mass is 275 g/mol. The molecular formula is C15H17NO2S. The second-order valence-corrected chi connectivity index (χ2v) is 4.81. The van der Waals surface area contributed by atoms with Gasteiger partial charge in [0, 0.05) is 12.6 Å². The van der Waals surface area contributed by atoms with Crippen molar-refractivity contribution in [2.45, 2.75) is 25.3 Å². The molecule has 0 aliphatic carbocycles. The summed E-state index contributed by atoms with van der Waals surface area (Å²) in [5.74, 6) is 0. The molecular weight excluding hydrogens is 258 g/mol. The largest absolute Gasteiger partial charge is 0.468 e. The summed E-state index contributed by atoms with van der Waals surface area (Å²) in [6, 6.07) is 10.5. The molecule has 3 nitrogen and oxygen atoms in total. The number of hydrogen-bond donors (Lipinski definition) is 0. The van der Waals surface area contributed by atoms with Gasteiger partial charge in [0.1, 0.15) is 12.9 Å². The zero-order valence-electron chi connectivity index (χ0n) is 10.7. The van der Waals surface area contributed by atoms with Crippen molar-refractivity contribution in [3.8, 4) is 0 Å². The Labute approximate surface area is 118 Å². The van der Waals surface area contributed by atoms with Crippen LogP contribution in [0.4, 0.5) is 0 Å². The summed E-state index contributed by atoms with van der Waals surface area (Å²) in [7, 11) is 0. The van der Waals surface area contributed by atoms with E-state index in [2.05, 4.69) is 12.1 Å². The lowest BCUT2D eigenvalue weighted by molar-refractivity contribution is -0.107. The Morgan fingerprint density at radius 1 is 1.32 bits per heavy atom. The predicted octanol–water partition coefficient (Wildman–Crippen LogP) is 2.71. The quantitative estimate of drug-likeness (QED) is 0.453. The zero-order valence-corrected chi connectivity index (χ0v) is 11.5. The molecule has 1 aliphatic heterocycles. The lowest BCUT2D eigenvalue weighted by Crippen LogP contribution is -2.30. The van der Waals surface area contributed by atoms with E-state index in [9.17, 15) is 4.79 Å². The van der Waals surface area contributed by atoms with Crippen molar-refractivity contribution < 1.29 is 9.53 Å². The molecule has 1 aromatic carbocycles. The van der Waals surface area contributed by atoms with E-state index in [4.69, 9.17) is 17.0 Å². The molecule has 0 N–H and O–H groups in total. The van der Waals surface area contributed by atoms with Gasteiger partial charge >= 0.3 is 0 Å². The number of allylic oxidation sites excluding steroid dienone is 1. The fourth-order valence-corrected chi connectivity index (χ4v) is 2.33. The number of benzene rings is 1. The summed E-state index contributed by atoms with van der Waals surface area (Å²) >= 11 is 5.19. The molecule has 1 heterocycles. The molecule has 1 aliphatic rings. The topological polar surface area (TPSA) is 29.5 Å². The van der Waals surface area contributed by atoms with Crippen molar-refractivity contribution >= 4 is 23.7 Å². The summed E-state index contributed by atoms with van der Waals surface area (Å²) in [6.45, 7) is 0.617. The second-order valence-electron chi connectivity index (χ2n) is 4.46. The Balaban J connectivity index is 1.97. The molecule has 1 atom stereocenters. The van der Waals surface area contributed by atoms with Crippen molar-refractivity contribution in [1.29, 1.82) is 0 Å². The zero-order chi connectivity index (χ0) is 13.5. The van der Waals surface area contributed by atoms with Crippen LogP contribution < -0.4 is 0 Å². The molecule has 2 rings (SSSR count). The van der Waals surface area contributed by atoms with E-state index < -0.39 is 0 Å². The van der Waals surface area contributed by atoms with Gasteiger partial charge in [-0.2, -0.15) is 0 Å². The van der Waals surface area contributed by atoms with Crippen LogP contribution in [0, 0.1) is 0 Å². The van der Waals surface area contributed by atoms with Gasteiger partial charge in [0.25, 0.3) is 5.17 Å². The third kappa shape index (κ3) is 3.89. The van der Waals surface area contributed by atoms with Crippen LogP contribution in [0.5, 0.6) is 0 Å². The highest BCUT2D eigenvalue weighted by Gasteiger charge is 2.28. The number of rotatable bonds is 6. The number of unbranched alkanes of at least 4 members (excludes halogenated alkanes) is 1. The average Bonchev–Trinajstić information content (AvgIpc) is 2.77. The van der Waals surface area contributed by atoms with Gasteiger partial charge in [-0.1, -0.05) is 36.4 Å². The minimum atomic E-state index is 0.238. The molecule has 4 heteroatoms.